The predicted molar refractivity (Wildman–Crippen MR) is 72.4 cm³/mol. The highest BCUT2D eigenvalue weighted by Gasteiger charge is 2.15. The molecular weight excluding hydrogens is 248 g/mol. The van der Waals surface area contributed by atoms with Crippen LogP contribution in [0.4, 0.5) is 0 Å². The number of hydrogen-bond acceptors (Lipinski definition) is 3. The van der Waals surface area contributed by atoms with Gasteiger partial charge in [-0.25, -0.2) is 0 Å². The van der Waals surface area contributed by atoms with Gasteiger partial charge in [-0.05, 0) is 41.6 Å². The molecule has 3 nitrogen and oxygen atoms in total. The molecule has 2 rings (SSSR count). The highest BCUT2D eigenvalue weighted by molar-refractivity contribution is 7.13. The first kappa shape index (κ1) is 12.6. The lowest BCUT2D eigenvalue weighted by atomic mass is 10.0. The molecule has 18 heavy (non-hydrogen) atoms. The topological polar surface area (TPSA) is 46.5 Å². The van der Waals surface area contributed by atoms with Crippen molar-refractivity contribution in [3.63, 3.8) is 0 Å². The summed E-state index contributed by atoms with van der Waals surface area (Å²) in [5.41, 5.74) is 1.88. The smallest absolute Gasteiger partial charge is 0.310 e. The normalized spacial score (nSPS) is 12.1. The van der Waals surface area contributed by atoms with E-state index in [0.717, 1.165) is 21.8 Å². The van der Waals surface area contributed by atoms with Crippen LogP contribution in [0.3, 0.4) is 0 Å². The molecule has 1 N–H and O–H groups in total. The van der Waals surface area contributed by atoms with Gasteiger partial charge in [-0.3, -0.25) is 4.79 Å². The molecule has 0 fully saturated rings. The van der Waals surface area contributed by atoms with Crippen molar-refractivity contribution in [2.75, 3.05) is 7.11 Å². The van der Waals surface area contributed by atoms with Gasteiger partial charge in [-0.15, -0.1) is 11.3 Å². The first-order chi connectivity index (χ1) is 8.61. The minimum Gasteiger partial charge on any atom is -0.497 e. The maximum Gasteiger partial charge on any atom is 0.310 e. The molecule has 1 heterocycles. The Morgan fingerprint density at radius 3 is 2.83 bits per heavy atom. The van der Waals surface area contributed by atoms with Gasteiger partial charge in [0.15, 0.2) is 0 Å². The molecule has 0 radical (unpaired) electrons. The van der Waals surface area contributed by atoms with Gasteiger partial charge in [0.05, 0.1) is 13.0 Å². The third-order valence-corrected chi connectivity index (χ3v) is 3.84. The molecule has 4 heteroatoms. The summed E-state index contributed by atoms with van der Waals surface area (Å²) in [4.78, 5) is 12.0. The number of aliphatic carboxylic acids is 1. The highest BCUT2D eigenvalue weighted by atomic mass is 32.1. The molecule has 94 valence electrons. The van der Waals surface area contributed by atoms with Crippen LogP contribution in [-0.2, 0) is 4.79 Å². The molecule has 0 bridgehead atoms. The van der Waals surface area contributed by atoms with E-state index in [1.54, 1.807) is 25.4 Å². The van der Waals surface area contributed by atoms with Gasteiger partial charge in [-0.1, -0.05) is 12.1 Å². The fourth-order valence-corrected chi connectivity index (χ4v) is 2.65. The maximum absolute atomic E-state index is 10.9. The van der Waals surface area contributed by atoms with E-state index in [2.05, 4.69) is 0 Å². The van der Waals surface area contributed by atoms with E-state index in [1.807, 2.05) is 35.7 Å². The molecular formula is C14H14O3S. The van der Waals surface area contributed by atoms with Crippen molar-refractivity contribution in [3.05, 3.63) is 41.3 Å². The van der Waals surface area contributed by atoms with E-state index in [1.165, 1.54) is 0 Å². The van der Waals surface area contributed by atoms with Crippen molar-refractivity contribution in [1.29, 1.82) is 0 Å². The monoisotopic (exact) mass is 262 g/mol. The van der Waals surface area contributed by atoms with Crippen LogP contribution in [0.1, 0.15) is 18.4 Å². The second-order valence-electron chi connectivity index (χ2n) is 4.04. The summed E-state index contributed by atoms with van der Waals surface area (Å²) in [7, 11) is 1.63. The van der Waals surface area contributed by atoms with Crippen LogP contribution in [0.5, 0.6) is 5.75 Å². The first-order valence-electron chi connectivity index (χ1n) is 5.57. The number of methoxy groups -OCH3 is 1. The zero-order valence-electron chi connectivity index (χ0n) is 10.2. The Bertz CT molecular complexity index is 560. The van der Waals surface area contributed by atoms with Gasteiger partial charge < -0.3 is 9.84 Å². The summed E-state index contributed by atoms with van der Waals surface area (Å²) in [6, 6.07) is 9.68. The maximum atomic E-state index is 10.9. The van der Waals surface area contributed by atoms with Crippen LogP contribution < -0.4 is 4.74 Å². The summed E-state index contributed by atoms with van der Waals surface area (Å²) in [5, 5.41) is 10.9. The molecule has 1 atom stereocenters. The third kappa shape index (κ3) is 2.54. The number of carboxylic acids is 1. The predicted octanol–water partition coefficient (Wildman–Crippen LogP) is 3.61. The lowest BCUT2D eigenvalue weighted by molar-refractivity contribution is -0.138. The minimum absolute atomic E-state index is 0.472. The molecule has 0 amide bonds. The molecule has 2 aromatic rings. The zero-order valence-corrected chi connectivity index (χ0v) is 11.0. The quantitative estimate of drug-likeness (QED) is 0.915. The molecule has 1 aromatic heterocycles. The van der Waals surface area contributed by atoms with Crippen LogP contribution in [-0.4, -0.2) is 18.2 Å². The minimum atomic E-state index is -0.801. The standard InChI is InChI=1S/C14H14O3S/c1-9(14(15)16)11-7-13(18-8-11)10-4-3-5-12(6-10)17-2/h3-9H,1-2H3,(H,15,16). The van der Waals surface area contributed by atoms with Crippen molar-refractivity contribution in [1.82, 2.24) is 0 Å². The average Bonchev–Trinajstić information content (AvgIpc) is 2.87. The number of ether oxygens (including phenoxy) is 1. The summed E-state index contributed by atoms with van der Waals surface area (Å²) in [6.45, 7) is 1.69. The van der Waals surface area contributed by atoms with Crippen molar-refractivity contribution in [2.24, 2.45) is 0 Å². The Kier molecular flexibility index (Phi) is 3.67. The molecule has 0 aliphatic rings. The Morgan fingerprint density at radius 2 is 2.17 bits per heavy atom. The van der Waals surface area contributed by atoms with Crippen LogP contribution in [0, 0.1) is 0 Å². The van der Waals surface area contributed by atoms with Gasteiger partial charge in [0.2, 0.25) is 0 Å². The number of hydrogen-bond donors (Lipinski definition) is 1. The fraction of sp³-hybridized carbons (Fsp3) is 0.214. The van der Waals surface area contributed by atoms with Crippen molar-refractivity contribution >= 4 is 17.3 Å². The number of rotatable bonds is 4. The average molecular weight is 262 g/mol. The third-order valence-electron chi connectivity index (χ3n) is 2.84. The summed E-state index contributed by atoms with van der Waals surface area (Å²) >= 11 is 1.55. The molecule has 0 saturated heterocycles. The summed E-state index contributed by atoms with van der Waals surface area (Å²) in [5.74, 6) is -0.473. The molecule has 0 saturated carbocycles. The van der Waals surface area contributed by atoms with E-state index in [-0.39, 0.29) is 0 Å². The second kappa shape index (κ2) is 5.23. The highest BCUT2D eigenvalue weighted by Crippen LogP contribution is 2.32. The Morgan fingerprint density at radius 1 is 1.39 bits per heavy atom. The molecule has 0 aliphatic carbocycles. The van der Waals surface area contributed by atoms with Crippen molar-refractivity contribution in [2.45, 2.75) is 12.8 Å². The van der Waals surface area contributed by atoms with E-state index >= 15 is 0 Å². The number of benzene rings is 1. The Hall–Kier alpha value is -1.81. The van der Waals surface area contributed by atoms with Crippen LogP contribution >= 0.6 is 11.3 Å². The lowest BCUT2D eigenvalue weighted by Crippen LogP contribution is -2.05. The number of thiophene rings is 1. The van der Waals surface area contributed by atoms with Gasteiger partial charge in [0, 0.05) is 4.88 Å². The van der Waals surface area contributed by atoms with Gasteiger partial charge >= 0.3 is 5.97 Å². The molecule has 0 spiro atoms. The number of carboxylic acid groups (broad SMARTS) is 1. The Balaban J connectivity index is 2.31. The van der Waals surface area contributed by atoms with Crippen LogP contribution in [0.15, 0.2) is 35.7 Å². The molecule has 1 aromatic carbocycles. The lowest BCUT2D eigenvalue weighted by Gasteiger charge is -2.03. The largest absolute Gasteiger partial charge is 0.497 e. The summed E-state index contributed by atoms with van der Waals surface area (Å²) < 4.78 is 5.18. The molecule has 1 unspecified atom stereocenters. The second-order valence-corrected chi connectivity index (χ2v) is 4.95. The van der Waals surface area contributed by atoms with E-state index in [4.69, 9.17) is 9.84 Å². The van der Waals surface area contributed by atoms with E-state index in [0.29, 0.717) is 0 Å². The zero-order chi connectivity index (χ0) is 13.1. The van der Waals surface area contributed by atoms with Crippen molar-refractivity contribution in [3.8, 4) is 16.2 Å². The van der Waals surface area contributed by atoms with Crippen molar-refractivity contribution < 1.29 is 14.6 Å². The van der Waals surface area contributed by atoms with Crippen LogP contribution in [0.25, 0.3) is 10.4 Å². The Labute approximate surface area is 110 Å². The van der Waals surface area contributed by atoms with Gasteiger partial charge in [0.25, 0.3) is 0 Å². The van der Waals surface area contributed by atoms with Gasteiger partial charge in [-0.2, -0.15) is 0 Å². The van der Waals surface area contributed by atoms with E-state index in [9.17, 15) is 4.79 Å². The first-order valence-corrected chi connectivity index (χ1v) is 6.45. The SMILES string of the molecule is COc1cccc(-c2cc(C(C)C(=O)O)cs2)c1. The van der Waals surface area contributed by atoms with E-state index < -0.39 is 11.9 Å². The summed E-state index contributed by atoms with van der Waals surface area (Å²) in [6.07, 6.45) is 0. The van der Waals surface area contributed by atoms with Gasteiger partial charge in [0.1, 0.15) is 5.75 Å². The number of carbonyl (C=O) groups is 1. The van der Waals surface area contributed by atoms with Crippen LogP contribution in [0.2, 0.25) is 0 Å². The molecule has 0 aliphatic heterocycles. The fourth-order valence-electron chi connectivity index (χ4n) is 1.65.